The van der Waals surface area contributed by atoms with E-state index in [0.29, 0.717) is 15.3 Å². The summed E-state index contributed by atoms with van der Waals surface area (Å²) in [5, 5.41) is 0.691. The number of benzene rings is 2. The molecule has 1 saturated heterocycles. The number of sulfone groups is 1. The Balaban J connectivity index is 0.000000336. The average Bonchev–Trinajstić information content (AvgIpc) is 3.45. The van der Waals surface area contributed by atoms with Crippen molar-refractivity contribution in [2.24, 2.45) is 5.73 Å². The molecule has 0 radical (unpaired) electrons. The Bertz CT molecular complexity index is 1410. The van der Waals surface area contributed by atoms with Crippen molar-refractivity contribution in [3.63, 3.8) is 0 Å². The molecule has 1 aliphatic rings. The molecule has 0 aliphatic carbocycles. The van der Waals surface area contributed by atoms with E-state index >= 15 is 0 Å². The van der Waals surface area contributed by atoms with Gasteiger partial charge in [0.2, 0.25) is 5.91 Å². The van der Waals surface area contributed by atoms with Crippen LogP contribution in [-0.4, -0.2) is 46.8 Å². The number of ether oxygens (including phenoxy) is 1. The van der Waals surface area contributed by atoms with E-state index < -0.39 is 20.5 Å². The van der Waals surface area contributed by atoms with Crippen LogP contribution in [0.4, 0.5) is 0 Å². The highest BCUT2D eigenvalue weighted by Crippen LogP contribution is 2.37. The number of aromatic nitrogens is 3. The summed E-state index contributed by atoms with van der Waals surface area (Å²) < 4.78 is 32.7. The van der Waals surface area contributed by atoms with Crippen molar-refractivity contribution in [2.45, 2.75) is 36.3 Å². The van der Waals surface area contributed by atoms with Gasteiger partial charge in [-0.3, -0.25) is 9.36 Å². The zero-order valence-corrected chi connectivity index (χ0v) is 20.6. The largest absolute Gasteiger partial charge is 0.381 e. The minimum atomic E-state index is -3.96. The molecule has 1 amide bonds. The van der Waals surface area contributed by atoms with Crippen LogP contribution in [-0.2, 0) is 19.4 Å². The number of nitrogens with two attached hydrogens (primary N) is 1. The SMILES string of the molecule is Cc1ccccc1.Cc1cn(-c2nc3ccc(S(=O)(=O)C4(C(N)=O)CCOCC4)cc3s2)cn1. The normalized spacial score (nSPS) is 15.5. The van der Waals surface area contributed by atoms with Gasteiger partial charge in [0.05, 0.1) is 20.8 Å². The van der Waals surface area contributed by atoms with Crippen LogP contribution in [0.3, 0.4) is 0 Å². The van der Waals surface area contributed by atoms with Gasteiger partial charge in [0.25, 0.3) is 0 Å². The van der Waals surface area contributed by atoms with Gasteiger partial charge in [0.15, 0.2) is 19.7 Å². The summed E-state index contributed by atoms with van der Waals surface area (Å²) in [6, 6.07) is 15.0. The Labute approximate surface area is 202 Å². The third-order valence-corrected chi connectivity index (χ3v) is 9.34. The van der Waals surface area contributed by atoms with Crippen molar-refractivity contribution in [3.05, 3.63) is 72.3 Å². The standard InChI is InChI=1S/C17H18N4O4S2.C7H8/c1-11-9-21(10-19-11)16-20-13-3-2-12(8-14(13)26-16)27(23,24)17(15(18)22)4-6-25-7-5-17;1-7-5-3-2-4-6-7/h2-3,8-10H,4-7H2,1H3,(H2,18,22);2-6H,1H3. The van der Waals surface area contributed by atoms with E-state index in [4.69, 9.17) is 10.5 Å². The van der Waals surface area contributed by atoms with Crippen molar-refractivity contribution in [1.29, 1.82) is 0 Å². The van der Waals surface area contributed by atoms with Gasteiger partial charge in [0.1, 0.15) is 6.33 Å². The van der Waals surface area contributed by atoms with Crippen LogP contribution in [0.2, 0.25) is 0 Å². The quantitative estimate of drug-likeness (QED) is 0.459. The summed E-state index contributed by atoms with van der Waals surface area (Å²) in [5.74, 6) is -0.829. The third kappa shape index (κ3) is 4.61. The van der Waals surface area contributed by atoms with E-state index in [-0.39, 0.29) is 31.0 Å². The topological polar surface area (TPSA) is 117 Å². The summed E-state index contributed by atoms with van der Waals surface area (Å²) >= 11 is 1.35. The number of thiazole rings is 1. The van der Waals surface area contributed by atoms with E-state index in [0.717, 1.165) is 5.69 Å². The molecule has 2 aromatic carbocycles. The number of primary amides is 1. The molecule has 0 atom stereocenters. The van der Waals surface area contributed by atoms with Crippen LogP contribution in [0.1, 0.15) is 24.1 Å². The van der Waals surface area contributed by atoms with Crippen molar-refractivity contribution in [1.82, 2.24) is 14.5 Å². The first-order chi connectivity index (χ1) is 16.2. The highest BCUT2D eigenvalue weighted by molar-refractivity contribution is 7.93. The van der Waals surface area contributed by atoms with Crippen molar-refractivity contribution >= 4 is 37.3 Å². The van der Waals surface area contributed by atoms with Gasteiger partial charge in [-0.15, -0.1) is 0 Å². The molecule has 34 heavy (non-hydrogen) atoms. The monoisotopic (exact) mass is 498 g/mol. The lowest BCUT2D eigenvalue weighted by atomic mass is 9.98. The van der Waals surface area contributed by atoms with Crippen LogP contribution in [0.15, 0.2) is 66.0 Å². The van der Waals surface area contributed by atoms with E-state index in [2.05, 4.69) is 29.0 Å². The van der Waals surface area contributed by atoms with Crippen molar-refractivity contribution in [3.8, 4) is 5.13 Å². The Morgan fingerprint density at radius 2 is 1.82 bits per heavy atom. The molecule has 10 heteroatoms. The highest BCUT2D eigenvalue weighted by Gasteiger charge is 2.51. The lowest BCUT2D eigenvalue weighted by molar-refractivity contribution is -0.122. The number of aryl methyl sites for hydroxylation is 2. The van der Waals surface area contributed by atoms with Gasteiger partial charge < -0.3 is 10.5 Å². The second-order valence-corrected chi connectivity index (χ2v) is 11.4. The average molecular weight is 499 g/mol. The fraction of sp³-hybridized carbons (Fsp3) is 0.292. The van der Waals surface area contributed by atoms with Gasteiger partial charge in [-0.1, -0.05) is 47.2 Å². The van der Waals surface area contributed by atoms with E-state index in [1.807, 2.05) is 31.3 Å². The molecule has 5 rings (SSSR count). The molecule has 1 aliphatic heterocycles. The van der Waals surface area contributed by atoms with Gasteiger partial charge in [-0.2, -0.15) is 0 Å². The molecule has 2 N–H and O–H groups in total. The number of fused-ring (bicyclic) bond motifs is 1. The summed E-state index contributed by atoms with van der Waals surface area (Å²) in [4.78, 5) is 20.9. The molecular weight excluding hydrogens is 472 g/mol. The second-order valence-electron chi connectivity index (χ2n) is 8.18. The molecule has 2 aromatic heterocycles. The maximum atomic E-state index is 13.3. The van der Waals surface area contributed by atoms with Crippen LogP contribution in [0.25, 0.3) is 15.3 Å². The Kier molecular flexibility index (Phi) is 6.83. The first-order valence-electron chi connectivity index (χ1n) is 10.8. The number of hydrogen-bond acceptors (Lipinski definition) is 7. The van der Waals surface area contributed by atoms with Crippen molar-refractivity contribution < 1.29 is 17.9 Å². The molecule has 8 nitrogen and oxygen atoms in total. The van der Waals surface area contributed by atoms with Crippen molar-refractivity contribution in [2.75, 3.05) is 13.2 Å². The summed E-state index contributed by atoms with van der Waals surface area (Å²) in [6.45, 7) is 4.34. The van der Waals surface area contributed by atoms with Crippen LogP contribution >= 0.6 is 11.3 Å². The third-order valence-electron chi connectivity index (χ3n) is 5.80. The molecule has 0 unspecified atom stereocenters. The summed E-state index contributed by atoms with van der Waals surface area (Å²) in [6.07, 6.45) is 3.63. The predicted molar refractivity (Wildman–Crippen MR) is 132 cm³/mol. The number of carbonyl (C=O) groups excluding carboxylic acids is 1. The van der Waals surface area contributed by atoms with Crippen LogP contribution in [0.5, 0.6) is 0 Å². The lowest BCUT2D eigenvalue weighted by Crippen LogP contribution is -2.53. The van der Waals surface area contributed by atoms with Gasteiger partial charge in [-0.25, -0.2) is 18.4 Å². The van der Waals surface area contributed by atoms with Gasteiger partial charge in [0, 0.05) is 19.4 Å². The second kappa shape index (κ2) is 9.65. The van der Waals surface area contributed by atoms with E-state index in [9.17, 15) is 13.2 Å². The molecule has 1 fully saturated rings. The smallest absolute Gasteiger partial charge is 0.239 e. The summed E-state index contributed by atoms with van der Waals surface area (Å²) in [7, 11) is -3.96. The van der Waals surface area contributed by atoms with Crippen LogP contribution < -0.4 is 5.73 Å². The number of carbonyl (C=O) groups is 1. The van der Waals surface area contributed by atoms with Gasteiger partial charge in [-0.05, 0) is 44.9 Å². The molecule has 0 saturated carbocycles. The molecule has 0 spiro atoms. The minimum Gasteiger partial charge on any atom is -0.381 e. The summed E-state index contributed by atoms with van der Waals surface area (Å²) in [5.41, 5.74) is 8.39. The first kappa shape index (κ1) is 24.1. The lowest BCUT2D eigenvalue weighted by Gasteiger charge is -2.33. The predicted octanol–water partition coefficient (Wildman–Crippen LogP) is 3.59. The number of imidazole rings is 1. The zero-order chi connectivity index (χ0) is 24.3. The Morgan fingerprint density at radius 3 is 2.38 bits per heavy atom. The van der Waals surface area contributed by atoms with E-state index in [1.165, 1.54) is 23.0 Å². The molecule has 3 heterocycles. The number of amides is 1. The molecular formula is C24H26N4O4S2. The molecule has 0 bridgehead atoms. The maximum absolute atomic E-state index is 13.3. The minimum absolute atomic E-state index is 0.0605. The number of nitrogens with zero attached hydrogens (tertiary/aromatic N) is 3. The number of hydrogen-bond donors (Lipinski definition) is 1. The first-order valence-corrected chi connectivity index (χ1v) is 13.1. The van der Waals surface area contributed by atoms with Crippen LogP contribution in [0, 0.1) is 13.8 Å². The highest BCUT2D eigenvalue weighted by atomic mass is 32.2. The van der Waals surface area contributed by atoms with E-state index in [1.54, 1.807) is 23.0 Å². The molecule has 178 valence electrons. The van der Waals surface area contributed by atoms with Gasteiger partial charge >= 0.3 is 0 Å². The Morgan fingerprint density at radius 1 is 1.12 bits per heavy atom. The fourth-order valence-corrected chi connectivity index (χ4v) is 6.77. The number of rotatable bonds is 4. The maximum Gasteiger partial charge on any atom is 0.239 e. The molecule has 4 aromatic rings. The fourth-order valence-electron chi connectivity index (χ4n) is 3.80. The Hall–Kier alpha value is -3.08. The zero-order valence-electron chi connectivity index (χ0n) is 19.0.